The number of aryl methyl sites for hydroxylation is 1. The Morgan fingerprint density at radius 3 is 2.95 bits per heavy atom. The van der Waals surface area contributed by atoms with E-state index in [9.17, 15) is 0 Å². The zero-order chi connectivity index (χ0) is 14.7. The average Bonchev–Trinajstić information content (AvgIpc) is 2.87. The van der Waals surface area contributed by atoms with Gasteiger partial charge in [0.05, 0.1) is 5.69 Å². The van der Waals surface area contributed by atoms with E-state index >= 15 is 0 Å². The van der Waals surface area contributed by atoms with Crippen LogP contribution >= 0.6 is 0 Å². The summed E-state index contributed by atoms with van der Waals surface area (Å²) in [6.45, 7) is 4.98. The van der Waals surface area contributed by atoms with Gasteiger partial charge < -0.3 is 19.5 Å². The summed E-state index contributed by atoms with van der Waals surface area (Å²) < 4.78 is 10.0. The van der Waals surface area contributed by atoms with Crippen molar-refractivity contribution in [2.75, 3.05) is 37.0 Å². The lowest BCUT2D eigenvalue weighted by Crippen LogP contribution is -2.50. The van der Waals surface area contributed by atoms with Crippen LogP contribution in [0.25, 0.3) is 0 Å². The summed E-state index contributed by atoms with van der Waals surface area (Å²) in [4.78, 5) is 6.36. The number of hydrogen-bond acceptors (Lipinski definition) is 8. The van der Waals surface area contributed by atoms with Crippen molar-refractivity contribution in [1.82, 2.24) is 20.3 Å². The molecule has 0 bridgehead atoms. The Hall–Kier alpha value is -2.22. The van der Waals surface area contributed by atoms with Crippen molar-refractivity contribution in [3.05, 3.63) is 23.7 Å². The molecule has 1 N–H and O–H groups in total. The molecular formula is C13H18N6O2. The van der Waals surface area contributed by atoms with Gasteiger partial charge in [0, 0.05) is 32.7 Å². The molecule has 112 valence electrons. The summed E-state index contributed by atoms with van der Waals surface area (Å²) in [6.07, 6.45) is 0. The highest BCUT2D eigenvalue weighted by Crippen LogP contribution is 2.22. The summed E-state index contributed by atoms with van der Waals surface area (Å²) in [5, 5.41) is 15.2. The van der Waals surface area contributed by atoms with Crippen LogP contribution in [0.2, 0.25) is 0 Å². The lowest BCUT2D eigenvalue weighted by molar-refractivity contribution is 0.174. The minimum atomic E-state index is 0.356. The van der Waals surface area contributed by atoms with E-state index < -0.39 is 0 Å². The van der Waals surface area contributed by atoms with Gasteiger partial charge in [0.2, 0.25) is 0 Å². The molecule has 0 aromatic carbocycles. The molecule has 0 unspecified atom stereocenters. The fourth-order valence-corrected chi connectivity index (χ4v) is 2.19. The normalized spacial score (nSPS) is 15.0. The topological polar surface area (TPSA) is 89.2 Å². The molecule has 0 radical (unpaired) electrons. The van der Waals surface area contributed by atoms with Crippen LogP contribution in [0.3, 0.4) is 0 Å². The number of aromatic nitrogens is 4. The molecule has 3 heterocycles. The molecule has 2 aromatic rings. The standard InChI is InChI=1S/C13H18N6O2/c1-9-3-4-12(17-16-9)19-6-10(7-19)5-14-13-15-11(8-20-2)18-21-13/h3-4,10H,5-8H2,1-2H3,(H,14,15,18). The highest BCUT2D eigenvalue weighted by atomic mass is 16.5. The van der Waals surface area contributed by atoms with Crippen molar-refractivity contribution >= 4 is 11.8 Å². The molecule has 3 rings (SSSR count). The predicted octanol–water partition coefficient (Wildman–Crippen LogP) is 0.863. The van der Waals surface area contributed by atoms with Crippen LogP contribution in [0.4, 0.5) is 11.8 Å². The molecule has 0 amide bonds. The van der Waals surface area contributed by atoms with Gasteiger partial charge in [0.25, 0.3) is 0 Å². The maximum atomic E-state index is 5.07. The first-order chi connectivity index (χ1) is 10.2. The van der Waals surface area contributed by atoms with Gasteiger partial charge >= 0.3 is 6.01 Å². The first-order valence-corrected chi connectivity index (χ1v) is 6.85. The SMILES string of the molecule is COCc1noc(NCC2CN(c3ccc(C)nn3)C2)n1. The fraction of sp³-hybridized carbons (Fsp3) is 0.538. The van der Waals surface area contributed by atoms with E-state index in [1.165, 1.54) is 0 Å². The molecule has 1 fully saturated rings. The average molecular weight is 290 g/mol. The van der Waals surface area contributed by atoms with Gasteiger partial charge in [-0.1, -0.05) is 5.16 Å². The maximum absolute atomic E-state index is 5.07. The van der Waals surface area contributed by atoms with Gasteiger partial charge in [-0.25, -0.2) is 0 Å². The minimum Gasteiger partial charge on any atom is -0.377 e. The van der Waals surface area contributed by atoms with Crippen molar-refractivity contribution < 1.29 is 9.26 Å². The van der Waals surface area contributed by atoms with Gasteiger partial charge in [-0.15, -0.1) is 5.10 Å². The summed E-state index contributed by atoms with van der Waals surface area (Å²) in [6, 6.07) is 4.42. The summed E-state index contributed by atoms with van der Waals surface area (Å²) in [7, 11) is 1.60. The highest BCUT2D eigenvalue weighted by Gasteiger charge is 2.28. The minimum absolute atomic E-state index is 0.356. The zero-order valence-corrected chi connectivity index (χ0v) is 12.1. The highest BCUT2D eigenvalue weighted by molar-refractivity contribution is 5.41. The lowest BCUT2D eigenvalue weighted by atomic mass is 10.0. The number of ether oxygens (including phenoxy) is 1. The number of nitrogens with one attached hydrogen (secondary N) is 1. The van der Waals surface area contributed by atoms with Crippen LogP contribution in [0.15, 0.2) is 16.7 Å². The third-order valence-corrected chi connectivity index (χ3v) is 3.35. The molecule has 1 saturated heterocycles. The Morgan fingerprint density at radius 1 is 1.38 bits per heavy atom. The number of methoxy groups -OCH3 is 1. The van der Waals surface area contributed by atoms with Crippen LogP contribution in [0.1, 0.15) is 11.5 Å². The molecule has 21 heavy (non-hydrogen) atoms. The number of anilines is 2. The Balaban J connectivity index is 1.43. The number of rotatable bonds is 6. The molecule has 0 spiro atoms. The largest absolute Gasteiger partial charge is 0.377 e. The van der Waals surface area contributed by atoms with E-state index in [1.54, 1.807) is 7.11 Å². The lowest BCUT2D eigenvalue weighted by Gasteiger charge is -2.39. The Labute approximate surface area is 122 Å². The summed E-state index contributed by atoms with van der Waals surface area (Å²) >= 11 is 0. The van der Waals surface area contributed by atoms with Gasteiger partial charge in [-0.05, 0) is 19.1 Å². The monoisotopic (exact) mass is 290 g/mol. The van der Waals surface area contributed by atoms with E-state index in [4.69, 9.17) is 9.26 Å². The predicted molar refractivity (Wildman–Crippen MR) is 76.0 cm³/mol. The molecule has 1 aliphatic heterocycles. The fourth-order valence-electron chi connectivity index (χ4n) is 2.19. The molecule has 8 heteroatoms. The molecule has 0 saturated carbocycles. The van der Waals surface area contributed by atoms with Crippen molar-refractivity contribution in [3.63, 3.8) is 0 Å². The molecule has 2 aromatic heterocycles. The summed E-state index contributed by atoms with van der Waals surface area (Å²) in [5.41, 5.74) is 0.931. The van der Waals surface area contributed by atoms with E-state index in [-0.39, 0.29) is 0 Å². The van der Waals surface area contributed by atoms with Crippen molar-refractivity contribution in [1.29, 1.82) is 0 Å². The smallest absolute Gasteiger partial charge is 0.321 e. The molecule has 0 aliphatic carbocycles. The van der Waals surface area contributed by atoms with Crippen molar-refractivity contribution in [3.8, 4) is 0 Å². The summed E-state index contributed by atoms with van der Waals surface area (Å²) in [5.74, 6) is 2.01. The van der Waals surface area contributed by atoms with Crippen LogP contribution < -0.4 is 10.2 Å². The third kappa shape index (κ3) is 3.27. The quantitative estimate of drug-likeness (QED) is 0.838. The van der Waals surface area contributed by atoms with Crippen molar-refractivity contribution in [2.24, 2.45) is 5.92 Å². The van der Waals surface area contributed by atoms with Crippen molar-refractivity contribution in [2.45, 2.75) is 13.5 Å². The van der Waals surface area contributed by atoms with E-state index in [0.717, 1.165) is 31.1 Å². The van der Waals surface area contributed by atoms with Gasteiger partial charge in [0.15, 0.2) is 11.6 Å². The first kappa shape index (κ1) is 13.7. The molecule has 1 aliphatic rings. The Morgan fingerprint density at radius 2 is 2.24 bits per heavy atom. The zero-order valence-electron chi connectivity index (χ0n) is 12.1. The van der Waals surface area contributed by atoms with E-state index in [1.807, 2.05) is 19.1 Å². The second-order valence-corrected chi connectivity index (χ2v) is 5.13. The maximum Gasteiger partial charge on any atom is 0.321 e. The third-order valence-electron chi connectivity index (χ3n) is 3.35. The Bertz CT molecular complexity index is 579. The van der Waals surface area contributed by atoms with Gasteiger partial charge in [-0.3, -0.25) is 0 Å². The number of nitrogens with zero attached hydrogens (tertiary/aromatic N) is 5. The Kier molecular flexibility index (Phi) is 3.96. The van der Waals surface area contributed by atoms with E-state index in [2.05, 4.69) is 30.6 Å². The van der Waals surface area contributed by atoms with Crippen LogP contribution in [0.5, 0.6) is 0 Å². The van der Waals surface area contributed by atoms with E-state index in [0.29, 0.717) is 24.4 Å². The first-order valence-electron chi connectivity index (χ1n) is 6.85. The number of hydrogen-bond donors (Lipinski definition) is 1. The molecule has 0 atom stereocenters. The second-order valence-electron chi connectivity index (χ2n) is 5.13. The van der Waals surface area contributed by atoms with Gasteiger partial charge in [-0.2, -0.15) is 10.1 Å². The van der Waals surface area contributed by atoms with Gasteiger partial charge in [0.1, 0.15) is 6.61 Å². The van der Waals surface area contributed by atoms with Crippen LogP contribution in [-0.4, -0.2) is 47.1 Å². The molecular weight excluding hydrogens is 272 g/mol. The second kappa shape index (κ2) is 6.04. The van der Waals surface area contributed by atoms with Crippen LogP contribution in [0, 0.1) is 12.8 Å². The van der Waals surface area contributed by atoms with Crippen LogP contribution in [-0.2, 0) is 11.3 Å². The molecule has 8 nitrogen and oxygen atoms in total.